The van der Waals surface area contributed by atoms with Crippen molar-refractivity contribution in [2.24, 2.45) is 5.92 Å². The maximum absolute atomic E-state index is 12.4. The lowest BCUT2D eigenvalue weighted by molar-refractivity contribution is 0.0666. The van der Waals surface area contributed by atoms with Crippen molar-refractivity contribution in [3.8, 4) is 6.07 Å². The van der Waals surface area contributed by atoms with E-state index in [0.29, 0.717) is 24.6 Å². The third-order valence-corrected chi connectivity index (χ3v) is 3.70. The standard InChI is InChI=1S/C15H20N2O2/c1-2-13-7-8-14(19-13)15(18)17(10-4-9-16)11-12-5-3-6-12/h7-8,12H,2-6,10-11H2,1H3. The van der Waals surface area contributed by atoms with E-state index in [2.05, 4.69) is 6.07 Å². The maximum atomic E-state index is 12.4. The number of nitriles is 1. The van der Waals surface area contributed by atoms with E-state index in [1.165, 1.54) is 19.3 Å². The molecule has 4 heteroatoms. The van der Waals surface area contributed by atoms with E-state index in [0.717, 1.165) is 18.7 Å². The number of furan rings is 1. The van der Waals surface area contributed by atoms with Crippen LogP contribution < -0.4 is 0 Å². The lowest BCUT2D eigenvalue weighted by atomic mass is 9.85. The van der Waals surface area contributed by atoms with E-state index in [1.54, 1.807) is 11.0 Å². The van der Waals surface area contributed by atoms with Gasteiger partial charge in [0.05, 0.1) is 12.5 Å². The predicted octanol–water partition coefficient (Wildman–Crippen LogP) is 3.00. The van der Waals surface area contributed by atoms with Gasteiger partial charge in [0.1, 0.15) is 5.76 Å². The molecule has 0 spiro atoms. The van der Waals surface area contributed by atoms with Crippen molar-refractivity contribution in [2.75, 3.05) is 13.1 Å². The van der Waals surface area contributed by atoms with Gasteiger partial charge in [0.25, 0.3) is 5.91 Å². The van der Waals surface area contributed by atoms with Crippen LogP contribution in [0.5, 0.6) is 0 Å². The van der Waals surface area contributed by atoms with Gasteiger partial charge >= 0.3 is 0 Å². The predicted molar refractivity (Wildman–Crippen MR) is 71.6 cm³/mol. The van der Waals surface area contributed by atoms with Gasteiger partial charge in [-0.05, 0) is 30.9 Å². The van der Waals surface area contributed by atoms with Crippen LogP contribution in [0.1, 0.15) is 48.9 Å². The number of hydrogen-bond donors (Lipinski definition) is 0. The Morgan fingerprint density at radius 2 is 2.32 bits per heavy atom. The monoisotopic (exact) mass is 260 g/mol. The summed E-state index contributed by atoms with van der Waals surface area (Å²) >= 11 is 0. The molecule has 0 N–H and O–H groups in total. The van der Waals surface area contributed by atoms with Crippen molar-refractivity contribution in [3.63, 3.8) is 0 Å². The second-order valence-electron chi connectivity index (χ2n) is 5.08. The lowest BCUT2D eigenvalue weighted by Gasteiger charge is -2.31. The molecule has 1 aromatic rings. The largest absolute Gasteiger partial charge is 0.456 e. The van der Waals surface area contributed by atoms with Crippen molar-refractivity contribution in [3.05, 3.63) is 23.7 Å². The Balaban J connectivity index is 2.02. The van der Waals surface area contributed by atoms with Crippen LogP contribution >= 0.6 is 0 Å². The minimum Gasteiger partial charge on any atom is -0.456 e. The summed E-state index contributed by atoms with van der Waals surface area (Å²) in [4.78, 5) is 14.1. The molecule has 2 rings (SSSR count). The molecule has 102 valence electrons. The summed E-state index contributed by atoms with van der Waals surface area (Å²) in [5, 5.41) is 8.70. The fourth-order valence-corrected chi connectivity index (χ4v) is 2.29. The quantitative estimate of drug-likeness (QED) is 0.790. The smallest absolute Gasteiger partial charge is 0.289 e. The maximum Gasteiger partial charge on any atom is 0.289 e. The number of nitrogens with zero attached hydrogens (tertiary/aromatic N) is 2. The highest BCUT2D eigenvalue weighted by Crippen LogP contribution is 2.27. The van der Waals surface area contributed by atoms with Crippen LogP contribution in [0.4, 0.5) is 0 Å². The Bertz CT molecular complexity index is 469. The van der Waals surface area contributed by atoms with Crippen LogP contribution in [-0.4, -0.2) is 23.9 Å². The zero-order valence-corrected chi connectivity index (χ0v) is 11.4. The minimum atomic E-state index is -0.0816. The molecule has 1 aliphatic rings. The molecule has 1 aliphatic carbocycles. The molecule has 0 aromatic carbocycles. The first-order valence-electron chi connectivity index (χ1n) is 6.99. The number of hydrogen-bond acceptors (Lipinski definition) is 3. The highest BCUT2D eigenvalue weighted by atomic mass is 16.4. The van der Waals surface area contributed by atoms with E-state index >= 15 is 0 Å². The number of amides is 1. The van der Waals surface area contributed by atoms with Crippen molar-refractivity contribution < 1.29 is 9.21 Å². The summed E-state index contributed by atoms with van der Waals surface area (Å²) in [5.74, 6) is 1.74. The van der Waals surface area contributed by atoms with Crippen LogP contribution in [0, 0.1) is 17.2 Å². The van der Waals surface area contributed by atoms with Gasteiger partial charge in [-0.15, -0.1) is 0 Å². The van der Waals surface area contributed by atoms with Gasteiger partial charge in [-0.25, -0.2) is 0 Å². The van der Waals surface area contributed by atoms with Gasteiger partial charge in [0.15, 0.2) is 5.76 Å². The first kappa shape index (κ1) is 13.7. The van der Waals surface area contributed by atoms with Crippen molar-refractivity contribution in [1.29, 1.82) is 5.26 Å². The molecule has 0 radical (unpaired) electrons. The normalized spacial score (nSPS) is 14.7. The van der Waals surface area contributed by atoms with Crippen LogP contribution in [0.15, 0.2) is 16.5 Å². The fourth-order valence-electron chi connectivity index (χ4n) is 2.29. The van der Waals surface area contributed by atoms with E-state index < -0.39 is 0 Å². The molecule has 0 aliphatic heterocycles. The topological polar surface area (TPSA) is 57.2 Å². The molecule has 1 aromatic heterocycles. The van der Waals surface area contributed by atoms with E-state index in [4.69, 9.17) is 9.68 Å². The number of carbonyl (C=O) groups excluding carboxylic acids is 1. The molecule has 1 amide bonds. The molecular formula is C15H20N2O2. The summed E-state index contributed by atoms with van der Waals surface area (Å²) in [6.07, 6.45) is 4.79. The Hall–Kier alpha value is -1.76. The van der Waals surface area contributed by atoms with Crippen molar-refractivity contribution in [2.45, 2.75) is 39.0 Å². The van der Waals surface area contributed by atoms with Gasteiger partial charge in [0.2, 0.25) is 0 Å². The molecule has 4 nitrogen and oxygen atoms in total. The molecule has 0 atom stereocenters. The van der Waals surface area contributed by atoms with Crippen LogP contribution in [0.25, 0.3) is 0 Å². The van der Waals surface area contributed by atoms with E-state index in [1.807, 2.05) is 13.0 Å². The number of aryl methyl sites for hydroxylation is 1. The van der Waals surface area contributed by atoms with Crippen molar-refractivity contribution in [1.82, 2.24) is 4.90 Å². The Labute approximate surface area is 114 Å². The summed E-state index contributed by atoms with van der Waals surface area (Å²) < 4.78 is 5.51. The summed E-state index contributed by atoms with van der Waals surface area (Å²) in [6.45, 7) is 3.24. The number of rotatable bonds is 6. The summed E-state index contributed by atoms with van der Waals surface area (Å²) in [6, 6.07) is 5.69. The second kappa shape index (κ2) is 6.42. The zero-order valence-electron chi connectivity index (χ0n) is 11.4. The Morgan fingerprint density at radius 1 is 1.53 bits per heavy atom. The van der Waals surface area contributed by atoms with E-state index in [-0.39, 0.29) is 5.91 Å². The average Bonchev–Trinajstić information content (AvgIpc) is 2.85. The molecule has 1 fully saturated rings. The third-order valence-electron chi connectivity index (χ3n) is 3.70. The first-order valence-corrected chi connectivity index (χ1v) is 6.99. The third kappa shape index (κ3) is 3.37. The molecule has 19 heavy (non-hydrogen) atoms. The summed E-state index contributed by atoms with van der Waals surface area (Å²) in [7, 11) is 0. The molecule has 0 unspecified atom stereocenters. The van der Waals surface area contributed by atoms with E-state index in [9.17, 15) is 4.79 Å². The summed E-state index contributed by atoms with van der Waals surface area (Å²) in [5.41, 5.74) is 0. The minimum absolute atomic E-state index is 0.0816. The van der Waals surface area contributed by atoms with Gasteiger partial charge in [-0.1, -0.05) is 13.3 Å². The Morgan fingerprint density at radius 3 is 2.84 bits per heavy atom. The second-order valence-corrected chi connectivity index (χ2v) is 5.08. The SMILES string of the molecule is CCc1ccc(C(=O)N(CCC#N)CC2CCC2)o1. The fraction of sp³-hybridized carbons (Fsp3) is 0.600. The highest BCUT2D eigenvalue weighted by molar-refractivity contribution is 5.91. The molecule has 0 bridgehead atoms. The molecule has 0 saturated heterocycles. The van der Waals surface area contributed by atoms with Gasteiger partial charge in [-0.2, -0.15) is 5.26 Å². The van der Waals surface area contributed by atoms with Crippen LogP contribution in [0.2, 0.25) is 0 Å². The zero-order chi connectivity index (χ0) is 13.7. The average molecular weight is 260 g/mol. The van der Waals surface area contributed by atoms with Crippen LogP contribution in [-0.2, 0) is 6.42 Å². The number of carbonyl (C=O) groups is 1. The first-order chi connectivity index (χ1) is 9.24. The van der Waals surface area contributed by atoms with Crippen molar-refractivity contribution >= 4 is 5.91 Å². The van der Waals surface area contributed by atoms with Gasteiger partial charge in [0, 0.05) is 19.5 Å². The lowest BCUT2D eigenvalue weighted by Crippen LogP contribution is -2.37. The van der Waals surface area contributed by atoms with Gasteiger partial charge < -0.3 is 9.32 Å². The Kier molecular flexibility index (Phi) is 4.62. The molecular weight excluding hydrogens is 240 g/mol. The van der Waals surface area contributed by atoms with Crippen LogP contribution in [0.3, 0.4) is 0 Å². The molecule has 1 heterocycles. The van der Waals surface area contributed by atoms with Gasteiger partial charge in [-0.3, -0.25) is 4.79 Å². The highest BCUT2D eigenvalue weighted by Gasteiger charge is 2.25. The molecule has 1 saturated carbocycles.